The van der Waals surface area contributed by atoms with E-state index in [0.29, 0.717) is 17.2 Å². The molecule has 1 aliphatic carbocycles. The molecule has 0 spiro atoms. The van der Waals surface area contributed by atoms with Gasteiger partial charge in [-0.3, -0.25) is 19.3 Å². The fraction of sp³-hybridized carbons (Fsp3) is 0.545. The van der Waals surface area contributed by atoms with Crippen LogP contribution in [0.5, 0.6) is 0 Å². The lowest BCUT2D eigenvalue weighted by molar-refractivity contribution is -0.159. The molecule has 0 aromatic heterocycles. The van der Waals surface area contributed by atoms with Gasteiger partial charge in [0.05, 0.1) is 11.3 Å². The van der Waals surface area contributed by atoms with Gasteiger partial charge >= 0.3 is 5.97 Å². The topological polar surface area (TPSA) is 96.0 Å². The van der Waals surface area contributed by atoms with Gasteiger partial charge in [0, 0.05) is 25.9 Å². The van der Waals surface area contributed by atoms with E-state index in [1.165, 1.54) is 16.8 Å². The van der Waals surface area contributed by atoms with Gasteiger partial charge in [-0.1, -0.05) is 31.9 Å². The van der Waals surface area contributed by atoms with Crippen molar-refractivity contribution in [2.24, 2.45) is 5.92 Å². The number of ether oxygens (including phenoxy) is 1. The zero-order valence-corrected chi connectivity index (χ0v) is 17.3. The number of anilines is 1. The molecule has 0 unspecified atom stereocenters. The number of nitrogens with zero attached hydrogens (tertiary/aromatic N) is 2. The second-order valence-electron chi connectivity index (χ2n) is 8.44. The Labute approximate surface area is 175 Å². The third-order valence-corrected chi connectivity index (χ3v) is 6.66. The molecule has 8 nitrogen and oxygen atoms in total. The molecule has 1 aromatic carbocycles. The minimum atomic E-state index is -1.55. The molecule has 2 aliphatic heterocycles. The van der Waals surface area contributed by atoms with E-state index in [4.69, 9.17) is 4.74 Å². The van der Waals surface area contributed by atoms with Gasteiger partial charge in [-0.05, 0) is 30.9 Å². The zero-order valence-electron chi connectivity index (χ0n) is 17.3. The van der Waals surface area contributed by atoms with Crippen LogP contribution in [-0.4, -0.2) is 54.0 Å². The number of esters is 1. The Kier molecular flexibility index (Phi) is 5.26. The monoisotopic (exact) mass is 413 g/mol. The van der Waals surface area contributed by atoms with Gasteiger partial charge in [-0.2, -0.15) is 0 Å². The summed E-state index contributed by atoms with van der Waals surface area (Å²) in [6, 6.07) is 6.81. The van der Waals surface area contributed by atoms with E-state index in [-0.39, 0.29) is 36.6 Å². The molecule has 3 aliphatic rings. The highest BCUT2D eigenvalue weighted by Crippen LogP contribution is 2.44. The molecule has 4 rings (SSSR count). The predicted octanol–water partition coefficient (Wildman–Crippen LogP) is 1.83. The van der Waals surface area contributed by atoms with Gasteiger partial charge in [0.1, 0.15) is 0 Å². The number of amides is 3. The van der Waals surface area contributed by atoms with E-state index in [0.717, 1.165) is 25.7 Å². The predicted molar refractivity (Wildman–Crippen MR) is 109 cm³/mol. The minimum Gasteiger partial charge on any atom is -0.452 e. The summed E-state index contributed by atoms with van der Waals surface area (Å²) in [4.78, 5) is 53.8. The van der Waals surface area contributed by atoms with Gasteiger partial charge < -0.3 is 15.0 Å². The number of likely N-dealkylation sites (N-methyl/N-ethyl adjacent to an activating group) is 1. The number of carbonyl (C=O) groups is 4. The third kappa shape index (κ3) is 3.14. The molecule has 1 saturated heterocycles. The van der Waals surface area contributed by atoms with Crippen LogP contribution >= 0.6 is 0 Å². The van der Waals surface area contributed by atoms with Crippen molar-refractivity contribution in [3.05, 3.63) is 29.8 Å². The maximum Gasteiger partial charge on any atom is 0.354 e. The summed E-state index contributed by atoms with van der Waals surface area (Å²) in [7, 11) is 1.49. The van der Waals surface area contributed by atoms with E-state index >= 15 is 0 Å². The first-order chi connectivity index (χ1) is 14.4. The Balaban J connectivity index is 1.52. The summed E-state index contributed by atoms with van der Waals surface area (Å²) >= 11 is 0. The Morgan fingerprint density at radius 1 is 1.20 bits per heavy atom. The molecular weight excluding hydrogens is 386 g/mol. The van der Waals surface area contributed by atoms with E-state index in [1.807, 2.05) is 0 Å². The number of hydrogen-bond donors (Lipinski definition) is 1. The second kappa shape index (κ2) is 7.74. The molecule has 2 fully saturated rings. The average Bonchev–Trinajstić information content (AvgIpc) is 3.10. The maximum atomic E-state index is 13.2. The molecule has 3 atom stereocenters. The van der Waals surface area contributed by atoms with Gasteiger partial charge in [0.2, 0.25) is 11.6 Å². The third-order valence-electron chi connectivity index (χ3n) is 6.66. The van der Waals surface area contributed by atoms with Crippen molar-refractivity contribution < 1.29 is 23.9 Å². The average molecular weight is 413 g/mol. The van der Waals surface area contributed by atoms with Gasteiger partial charge in [0.25, 0.3) is 11.8 Å². The molecule has 1 aromatic rings. The van der Waals surface area contributed by atoms with Crippen LogP contribution in [0.3, 0.4) is 0 Å². The fourth-order valence-electron chi connectivity index (χ4n) is 4.92. The number of fused-ring (bicyclic) bond motifs is 3. The standard InChI is InChI=1S/C22H27N3O5/c1-14-7-3-5-9-16(14)23-18(26)13-30-21(29)22-12-11-19(27)25(22)17-10-6-4-8-15(17)20(28)24(22)2/h4,6,8,10,14,16H,3,5,7,9,11-13H2,1-2H3,(H,23,26)/t14-,16+,22+/m0/s1. The van der Waals surface area contributed by atoms with Crippen molar-refractivity contribution >= 4 is 29.4 Å². The van der Waals surface area contributed by atoms with E-state index < -0.39 is 18.2 Å². The lowest BCUT2D eigenvalue weighted by atomic mass is 9.86. The summed E-state index contributed by atoms with van der Waals surface area (Å²) in [5, 5.41) is 2.95. The first-order valence-corrected chi connectivity index (χ1v) is 10.5. The highest BCUT2D eigenvalue weighted by atomic mass is 16.5. The van der Waals surface area contributed by atoms with Crippen LogP contribution in [0.25, 0.3) is 0 Å². The van der Waals surface area contributed by atoms with Crippen LogP contribution in [0, 0.1) is 5.92 Å². The van der Waals surface area contributed by atoms with E-state index in [2.05, 4.69) is 12.2 Å². The van der Waals surface area contributed by atoms with Gasteiger partial charge in [-0.15, -0.1) is 0 Å². The van der Waals surface area contributed by atoms with Crippen LogP contribution in [0.1, 0.15) is 55.8 Å². The van der Waals surface area contributed by atoms with Crippen molar-refractivity contribution in [1.82, 2.24) is 10.2 Å². The Bertz CT molecular complexity index is 901. The first-order valence-electron chi connectivity index (χ1n) is 10.5. The normalized spacial score (nSPS) is 28.1. The summed E-state index contributed by atoms with van der Waals surface area (Å²) < 4.78 is 5.37. The van der Waals surface area contributed by atoms with Gasteiger partial charge in [0.15, 0.2) is 6.61 Å². The minimum absolute atomic E-state index is 0.0819. The fourth-order valence-corrected chi connectivity index (χ4v) is 4.92. The van der Waals surface area contributed by atoms with Crippen LogP contribution < -0.4 is 10.2 Å². The SMILES string of the molecule is C[C@H]1CCCC[C@H]1NC(=O)COC(=O)[C@@]12CCC(=O)N1c1ccccc1C(=O)N2C. The smallest absolute Gasteiger partial charge is 0.354 e. The molecule has 2 heterocycles. The van der Waals surface area contributed by atoms with Crippen molar-refractivity contribution in [1.29, 1.82) is 0 Å². The summed E-state index contributed by atoms with van der Waals surface area (Å²) in [5.41, 5.74) is -0.788. The summed E-state index contributed by atoms with van der Waals surface area (Å²) in [6.45, 7) is 1.67. The molecular formula is C22H27N3O5. The molecule has 8 heteroatoms. The molecule has 0 radical (unpaired) electrons. The van der Waals surface area contributed by atoms with E-state index in [1.54, 1.807) is 24.3 Å². The molecule has 160 valence electrons. The zero-order chi connectivity index (χ0) is 21.5. The first kappa shape index (κ1) is 20.4. The van der Waals surface area contributed by atoms with Crippen LogP contribution in [0.2, 0.25) is 0 Å². The van der Waals surface area contributed by atoms with Gasteiger partial charge in [-0.25, -0.2) is 4.79 Å². The lowest BCUT2D eigenvalue weighted by Crippen LogP contribution is -2.67. The second-order valence-corrected chi connectivity index (χ2v) is 8.44. The van der Waals surface area contributed by atoms with Crippen LogP contribution in [0.4, 0.5) is 5.69 Å². The quantitative estimate of drug-likeness (QED) is 0.760. The number of carbonyl (C=O) groups excluding carboxylic acids is 4. The highest BCUT2D eigenvalue weighted by Gasteiger charge is 2.60. The number of nitrogens with one attached hydrogen (secondary N) is 1. The van der Waals surface area contributed by atoms with E-state index in [9.17, 15) is 19.2 Å². The molecule has 1 N–H and O–H groups in total. The van der Waals surface area contributed by atoms with Crippen LogP contribution in [0.15, 0.2) is 24.3 Å². The molecule has 30 heavy (non-hydrogen) atoms. The number of para-hydroxylation sites is 1. The lowest BCUT2D eigenvalue weighted by Gasteiger charge is -2.46. The Morgan fingerprint density at radius 3 is 2.70 bits per heavy atom. The van der Waals surface area contributed by atoms with Crippen molar-refractivity contribution in [2.45, 2.75) is 57.2 Å². The number of benzene rings is 1. The number of rotatable bonds is 4. The molecule has 0 bridgehead atoms. The Hall–Kier alpha value is -2.90. The highest BCUT2D eigenvalue weighted by molar-refractivity contribution is 6.15. The summed E-state index contributed by atoms with van der Waals surface area (Å²) in [5.74, 6) is -1.34. The van der Waals surface area contributed by atoms with Crippen molar-refractivity contribution in [2.75, 3.05) is 18.6 Å². The largest absolute Gasteiger partial charge is 0.452 e. The van der Waals surface area contributed by atoms with Crippen molar-refractivity contribution in [3.8, 4) is 0 Å². The Morgan fingerprint density at radius 2 is 1.93 bits per heavy atom. The van der Waals surface area contributed by atoms with Crippen molar-refractivity contribution in [3.63, 3.8) is 0 Å². The molecule has 3 amide bonds. The summed E-state index contributed by atoms with van der Waals surface area (Å²) in [6.07, 6.45) is 4.46. The van der Waals surface area contributed by atoms with Crippen LogP contribution in [-0.2, 0) is 19.1 Å². The number of hydrogen-bond acceptors (Lipinski definition) is 5. The maximum absolute atomic E-state index is 13.2. The molecule has 1 saturated carbocycles.